The predicted octanol–water partition coefficient (Wildman–Crippen LogP) is 3.46. The lowest BCUT2D eigenvalue weighted by Crippen LogP contribution is -2.47. The summed E-state index contributed by atoms with van der Waals surface area (Å²) in [6.07, 6.45) is 1.88. The fourth-order valence-electron chi connectivity index (χ4n) is 3.96. The Morgan fingerprint density at radius 3 is 2.48 bits per heavy atom. The van der Waals surface area contributed by atoms with Crippen LogP contribution in [0.25, 0.3) is 0 Å². The standard InChI is InChI=1S/C23H29N3O4.HI/c1-24-22(25-14-17-3-6-19(27-2)7-4-17)26-15-23(9-11-28-12-10-23)18-5-8-20-21(13-18)30-16-29-20;/h3-8,13H,9-12,14-16H2,1-2H3,(H2,24,25,26);1H. The van der Waals surface area contributed by atoms with E-state index in [1.54, 1.807) is 14.2 Å². The maximum atomic E-state index is 5.66. The molecule has 2 aromatic rings. The normalized spacial score (nSPS) is 16.9. The largest absolute Gasteiger partial charge is 0.497 e. The van der Waals surface area contributed by atoms with Crippen LogP contribution >= 0.6 is 24.0 Å². The van der Waals surface area contributed by atoms with Crippen molar-refractivity contribution in [2.45, 2.75) is 24.8 Å². The van der Waals surface area contributed by atoms with Crippen LogP contribution in [-0.2, 0) is 16.7 Å². The number of rotatable bonds is 6. The number of methoxy groups -OCH3 is 1. The molecule has 2 aliphatic rings. The predicted molar refractivity (Wildman–Crippen MR) is 131 cm³/mol. The van der Waals surface area contributed by atoms with Gasteiger partial charge in [0.1, 0.15) is 5.75 Å². The molecule has 31 heavy (non-hydrogen) atoms. The molecule has 1 saturated heterocycles. The summed E-state index contributed by atoms with van der Waals surface area (Å²) in [5.41, 5.74) is 2.36. The topological polar surface area (TPSA) is 73.3 Å². The summed E-state index contributed by atoms with van der Waals surface area (Å²) in [6, 6.07) is 14.3. The van der Waals surface area contributed by atoms with Gasteiger partial charge in [-0.2, -0.15) is 0 Å². The number of nitrogens with zero attached hydrogens (tertiary/aromatic N) is 1. The summed E-state index contributed by atoms with van der Waals surface area (Å²) >= 11 is 0. The van der Waals surface area contributed by atoms with Crippen LogP contribution in [-0.4, -0.2) is 46.7 Å². The Morgan fingerprint density at radius 1 is 1.03 bits per heavy atom. The summed E-state index contributed by atoms with van der Waals surface area (Å²) in [7, 11) is 3.46. The zero-order valence-electron chi connectivity index (χ0n) is 18.0. The first-order valence-electron chi connectivity index (χ1n) is 10.3. The molecule has 0 spiro atoms. The molecule has 4 rings (SSSR count). The summed E-state index contributed by atoms with van der Waals surface area (Å²) in [6.45, 7) is 3.22. The maximum absolute atomic E-state index is 5.66. The van der Waals surface area contributed by atoms with Crippen molar-refractivity contribution in [2.75, 3.05) is 40.7 Å². The second-order valence-corrected chi connectivity index (χ2v) is 7.59. The van der Waals surface area contributed by atoms with Gasteiger partial charge >= 0.3 is 0 Å². The molecule has 0 amide bonds. The average molecular weight is 539 g/mol. The highest BCUT2D eigenvalue weighted by Gasteiger charge is 2.35. The van der Waals surface area contributed by atoms with Crippen LogP contribution in [0.3, 0.4) is 0 Å². The Labute approximate surface area is 200 Å². The van der Waals surface area contributed by atoms with E-state index >= 15 is 0 Å². The van der Waals surface area contributed by atoms with Crippen molar-refractivity contribution in [1.29, 1.82) is 0 Å². The summed E-state index contributed by atoms with van der Waals surface area (Å²) in [5, 5.41) is 6.92. The van der Waals surface area contributed by atoms with Crippen molar-refractivity contribution in [1.82, 2.24) is 10.6 Å². The van der Waals surface area contributed by atoms with Crippen LogP contribution < -0.4 is 24.8 Å². The van der Waals surface area contributed by atoms with E-state index in [1.807, 2.05) is 30.3 Å². The first kappa shape index (κ1) is 23.5. The number of ether oxygens (including phenoxy) is 4. The highest BCUT2D eigenvalue weighted by Crippen LogP contribution is 2.40. The smallest absolute Gasteiger partial charge is 0.231 e. The molecule has 0 atom stereocenters. The molecule has 0 aliphatic carbocycles. The van der Waals surface area contributed by atoms with E-state index in [0.717, 1.165) is 61.4 Å². The minimum Gasteiger partial charge on any atom is -0.497 e. The third-order valence-corrected chi connectivity index (χ3v) is 5.87. The lowest BCUT2D eigenvalue weighted by molar-refractivity contribution is 0.0513. The van der Waals surface area contributed by atoms with E-state index in [9.17, 15) is 0 Å². The second kappa shape index (κ2) is 10.9. The summed E-state index contributed by atoms with van der Waals surface area (Å²) in [4.78, 5) is 4.40. The third-order valence-electron chi connectivity index (χ3n) is 5.87. The van der Waals surface area contributed by atoms with Gasteiger partial charge < -0.3 is 29.6 Å². The Bertz CT molecular complexity index is 883. The Kier molecular flexibility index (Phi) is 8.25. The number of guanidine groups is 1. The molecule has 0 saturated carbocycles. The van der Waals surface area contributed by atoms with E-state index in [-0.39, 0.29) is 36.2 Å². The fraction of sp³-hybridized carbons (Fsp3) is 0.435. The van der Waals surface area contributed by atoms with Gasteiger partial charge in [-0.05, 0) is 48.2 Å². The Balaban J connectivity index is 0.00000272. The minimum absolute atomic E-state index is 0. The highest BCUT2D eigenvalue weighted by atomic mass is 127. The summed E-state index contributed by atoms with van der Waals surface area (Å²) < 4.78 is 22.0. The Hall–Kier alpha value is -2.20. The monoisotopic (exact) mass is 539 g/mol. The highest BCUT2D eigenvalue weighted by molar-refractivity contribution is 14.0. The second-order valence-electron chi connectivity index (χ2n) is 7.59. The van der Waals surface area contributed by atoms with Gasteiger partial charge in [-0.25, -0.2) is 0 Å². The number of halogens is 1. The number of nitrogens with one attached hydrogen (secondary N) is 2. The zero-order chi connectivity index (χ0) is 20.8. The average Bonchev–Trinajstić information content (AvgIpc) is 3.28. The molecule has 0 bridgehead atoms. The number of hydrogen-bond donors (Lipinski definition) is 2. The van der Waals surface area contributed by atoms with Crippen LogP contribution in [0.4, 0.5) is 0 Å². The molecule has 8 heteroatoms. The van der Waals surface area contributed by atoms with E-state index in [0.29, 0.717) is 6.54 Å². The summed E-state index contributed by atoms with van der Waals surface area (Å²) in [5.74, 6) is 3.26. The number of hydrogen-bond acceptors (Lipinski definition) is 5. The molecule has 2 aromatic carbocycles. The molecule has 168 valence electrons. The van der Waals surface area contributed by atoms with Gasteiger partial charge in [0, 0.05) is 38.8 Å². The zero-order valence-corrected chi connectivity index (χ0v) is 20.3. The minimum atomic E-state index is -0.0447. The molecular weight excluding hydrogens is 509 g/mol. The van der Waals surface area contributed by atoms with Gasteiger partial charge in [0.25, 0.3) is 0 Å². The van der Waals surface area contributed by atoms with E-state index in [4.69, 9.17) is 18.9 Å². The SMILES string of the molecule is CN=C(NCc1ccc(OC)cc1)NCC1(c2ccc3c(c2)OCO3)CCOCC1.I. The van der Waals surface area contributed by atoms with Crippen LogP contribution in [0.5, 0.6) is 17.2 Å². The quantitative estimate of drug-likeness (QED) is 0.333. The molecule has 2 aliphatic heterocycles. The first-order valence-corrected chi connectivity index (χ1v) is 10.3. The van der Waals surface area contributed by atoms with Crippen molar-refractivity contribution in [3.63, 3.8) is 0 Å². The van der Waals surface area contributed by atoms with Crippen molar-refractivity contribution < 1.29 is 18.9 Å². The maximum Gasteiger partial charge on any atom is 0.231 e. The van der Waals surface area contributed by atoms with Gasteiger partial charge in [0.05, 0.1) is 7.11 Å². The molecule has 2 heterocycles. The molecule has 0 unspecified atom stereocenters. The molecule has 0 aromatic heterocycles. The van der Waals surface area contributed by atoms with Crippen molar-refractivity contribution in [3.8, 4) is 17.2 Å². The van der Waals surface area contributed by atoms with E-state index in [1.165, 1.54) is 5.56 Å². The number of aliphatic imine (C=N–C) groups is 1. The molecule has 2 N–H and O–H groups in total. The van der Waals surface area contributed by atoms with Gasteiger partial charge in [0.15, 0.2) is 17.5 Å². The molecule has 1 fully saturated rings. The first-order chi connectivity index (χ1) is 14.7. The van der Waals surface area contributed by atoms with Gasteiger partial charge in [-0.15, -0.1) is 24.0 Å². The van der Waals surface area contributed by atoms with Crippen LogP contribution in [0.1, 0.15) is 24.0 Å². The van der Waals surface area contributed by atoms with Gasteiger partial charge in [-0.3, -0.25) is 4.99 Å². The lowest BCUT2D eigenvalue weighted by atomic mass is 9.74. The molecule has 7 nitrogen and oxygen atoms in total. The van der Waals surface area contributed by atoms with Crippen molar-refractivity contribution in [2.24, 2.45) is 4.99 Å². The lowest BCUT2D eigenvalue weighted by Gasteiger charge is -2.38. The van der Waals surface area contributed by atoms with Crippen LogP contribution in [0, 0.1) is 0 Å². The van der Waals surface area contributed by atoms with E-state index in [2.05, 4.69) is 27.8 Å². The molecular formula is C23H30IN3O4. The molecule has 0 radical (unpaired) electrons. The van der Waals surface area contributed by atoms with Gasteiger partial charge in [-0.1, -0.05) is 18.2 Å². The van der Waals surface area contributed by atoms with Gasteiger partial charge in [0.2, 0.25) is 6.79 Å². The van der Waals surface area contributed by atoms with Crippen LogP contribution in [0.15, 0.2) is 47.5 Å². The van der Waals surface area contributed by atoms with Crippen LogP contribution in [0.2, 0.25) is 0 Å². The van der Waals surface area contributed by atoms with Crippen molar-refractivity contribution >= 4 is 29.9 Å². The third kappa shape index (κ3) is 5.54. The Morgan fingerprint density at radius 2 is 1.77 bits per heavy atom. The van der Waals surface area contributed by atoms with E-state index < -0.39 is 0 Å². The fourth-order valence-corrected chi connectivity index (χ4v) is 3.96. The number of benzene rings is 2. The number of fused-ring (bicyclic) bond motifs is 1. The van der Waals surface area contributed by atoms with Crippen molar-refractivity contribution in [3.05, 3.63) is 53.6 Å².